The zero-order valence-corrected chi connectivity index (χ0v) is 20.7. The highest BCUT2D eigenvalue weighted by molar-refractivity contribution is 7.22. The number of carbonyl (C=O) groups excluding carboxylic acids is 1. The molecule has 0 unspecified atom stereocenters. The topological polar surface area (TPSA) is 64.1 Å². The number of rotatable bonds is 9. The van der Waals surface area contributed by atoms with Gasteiger partial charge in [0, 0.05) is 18.1 Å². The second-order valence-corrected chi connectivity index (χ2v) is 9.38. The Kier molecular flexibility index (Phi) is 7.48. The van der Waals surface area contributed by atoms with Crippen LogP contribution in [-0.4, -0.2) is 62.8 Å². The molecule has 0 saturated heterocycles. The van der Waals surface area contributed by atoms with E-state index in [-0.39, 0.29) is 5.91 Å². The fourth-order valence-electron chi connectivity index (χ4n) is 3.14. The van der Waals surface area contributed by atoms with Crippen LogP contribution >= 0.6 is 22.9 Å². The molecular formula is C23H28ClN3O4S. The second kappa shape index (κ2) is 9.94. The van der Waals surface area contributed by atoms with Crippen molar-refractivity contribution >= 4 is 44.2 Å². The molecule has 0 aliphatic heterocycles. The maximum Gasteiger partial charge on any atom is 0.272 e. The number of hydrogen-bond acceptors (Lipinski definition) is 7. The number of nitrogens with zero attached hydrogens (tertiary/aromatic N) is 3. The van der Waals surface area contributed by atoms with Crippen LogP contribution in [0.1, 0.15) is 13.8 Å². The lowest BCUT2D eigenvalue weighted by atomic mass is 10.1. The van der Waals surface area contributed by atoms with E-state index in [1.165, 1.54) is 11.3 Å². The van der Waals surface area contributed by atoms with Gasteiger partial charge in [-0.1, -0.05) is 22.9 Å². The first-order valence-electron chi connectivity index (χ1n) is 10.1. The Hall–Kier alpha value is -2.55. The van der Waals surface area contributed by atoms with Crippen molar-refractivity contribution in [3.05, 3.63) is 41.4 Å². The number of aromatic nitrogens is 1. The van der Waals surface area contributed by atoms with Gasteiger partial charge in [0.2, 0.25) is 0 Å². The Balaban J connectivity index is 2.00. The van der Waals surface area contributed by atoms with Gasteiger partial charge < -0.3 is 19.1 Å². The van der Waals surface area contributed by atoms with Crippen molar-refractivity contribution in [2.24, 2.45) is 0 Å². The number of ether oxygens (including phenoxy) is 3. The van der Waals surface area contributed by atoms with Crippen LogP contribution in [0.15, 0.2) is 36.4 Å². The van der Waals surface area contributed by atoms with E-state index in [9.17, 15) is 4.79 Å². The van der Waals surface area contributed by atoms with Gasteiger partial charge in [-0.05, 0) is 64.3 Å². The van der Waals surface area contributed by atoms with Crippen LogP contribution in [0.25, 0.3) is 10.2 Å². The lowest BCUT2D eigenvalue weighted by molar-refractivity contribution is -0.131. The van der Waals surface area contributed by atoms with Gasteiger partial charge in [-0.3, -0.25) is 9.69 Å². The van der Waals surface area contributed by atoms with E-state index in [0.717, 1.165) is 4.70 Å². The minimum Gasteiger partial charge on any atom is -0.495 e. The number of hydrogen-bond donors (Lipinski definition) is 0. The lowest BCUT2D eigenvalue weighted by Crippen LogP contribution is -2.50. The second-order valence-electron chi connectivity index (χ2n) is 7.97. The standard InChI is InChI=1S/C23H28ClN3O4S/c1-23(2,31-16-9-7-15(24)8-10-16)21(28)27(14-13-26(3)4)22-25-19-17(29-5)11-12-18(30-6)20(19)32-22/h7-12H,13-14H2,1-6H3. The van der Waals surface area contributed by atoms with E-state index in [1.807, 2.05) is 31.1 Å². The Morgan fingerprint density at radius 3 is 2.25 bits per heavy atom. The molecule has 0 N–H and O–H groups in total. The van der Waals surface area contributed by atoms with Gasteiger partial charge in [0.1, 0.15) is 27.5 Å². The lowest BCUT2D eigenvalue weighted by Gasteiger charge is -2.31. The number of thiazole rings is 1. The van der Waals surface area contributed by atoms with Crippen molar-refractivity contribution in [1.82, 2.24) is 9.88 Å². The molecule has 0 saturated carbocycles. The number of benzene rings is 2. The third-order valence-corrected chi connectivity index (χ3v) is 6.19. The van der Waals surface area contributed by atoms with Crippen LogP contribution in [0.3, 0.4) is 0 Å². The van der Waals surface area contributed by atoms with Gasteiger partial charge in [0.15, 0.2) is 10.7 Å². The molecule has 0 radical (unpaired) electrons. The van der Waals surface area contributed by atoms with Crippen LogP contribution in [0.4, 0.5) is 5.13 Å². The number of fused-ring (bicyclic) bond motifs is 1. The molecule has 1 amide bonds. The molecule has 1 heterocycles. The first-order valence-corrected chi connectivity index (χ1v) is 11.3. The molecule has 0 fully saturated rings. The predicted molar refractivity (Wildman–Crippen MR) is 130 cm³/mol. The van der Waals surface area contributed by atoms with Crippen LogP contribution in [0.5, 0.6) is 17.2 Å². The van der Waals surface area contributed by atoms with Crippen LogP contribution in [0, 0.1) is 0 Å². The first kappa shape index (κ1) is 24.1. The van der Waals surface area contributed by atoms with Crippen LogP contribution in [-0.2, 0) is 4.79 Å². The number of halogens is 1. The molecule has 0 aliphatic carbocycles. The average molecular weight is 478 g/mol. The molecule has 2 aromatic carbocycles. The fraction of sp³-hybridized carbons (Fsp3) is 0.391. The highest BCUT2D eigenvalue weighted by Crippen LogP contribution is 2.40. The molecule has 0 atom stereocenters. The van der Waals surface area contributed by atoms with E-state index in [2.05, 4.69) is 0 Å². The molecule has 172 valence electrons. The van der Waals surface area contributed by atoms with E-state index >= 15 is 0 Å². The van der Waals surface area contributed by atoms with Crippen LogP contribution < -0.4 is 19.1 Å². The number of methoxy groups -OCH3 is 2. The molecule has 1 aromatic heterocycles. The van der Waals surface area contributed by atoms with Gasteiger partial charge in [-0.15, -0.1) is 0 Å². The highest BCUT2D eigenvalue weighted by atomic mass is 35.5. The molecule has 32 heavy (non-hydrogen) atoms. The highest BCUT2D eigenvalue weighted by Gasteiger charge is 2.36. The molecule has 9 heteroatoms. The quantitative estimate of drug-likeness (QED) is 0.444. The fourth-order valence-corrected chi connectivity index (χ4v) is 4.36. The Labute approximate surface area is 197 Å². The van der Waals surface area contributed by atoms with E-state index in [1.54, 1.807) is 57.2 Å². The van der Waals surface area contributed by atoms with Crippen molar-refractivity contribution in [2.75, 3.05) is 46.3 Å². The number of likely N-dealkylation sites (N-methyl/N-ethyl adjacent to an activating group) is 1. The summed E-state index contributed by atoms with van der Waals surface area (Å²) in [5.74, 6) is 1.67. The van der Waals surface area contributed by atoms with Gasteiger partial charge in [0.25, 0.3) is 5.91 Å². The van der Waals surface area contributed by atoms with Crippen LogP contribution in [0.2, 0.25) is 5.02 Å². The Bertz CT molecular complexity index is 1040. The summed E-state index contributed by atoms with van der Waals surface area (Å²) in [7, 11) is 7.13. The summed E-state index contributed by atoms with van der Waals surface area (Å²) < 4.78 is 17.9. The van der Waals surface area contributed by atoms with Gasteiger partial charge in [-0.25, -0.2) is 4.98 Å². The average Bonchev–Trinajstić information content (AvgIpc) is 3.19. The maximum absolute atomic E-state index is 13.7. The summed E-state index contributed by atoms with van der Waals surface area (Å²) in [4.78, 5) is 22.1. The monoisotopic (exact) mass is 477 g/mol. The molecular weight excluding hydrogens is 450 g/mol. The predicted octanol–water partition coefficient (Wildman–Crippen LogP) is 4.72. The van der Waals surface area contributed by atoms with Gasteiger partial charge >= 0.3 is 0 Å². The summed E-state index contributed by atoms with van der Waals surface area (Å²) in [5, 5.41) is 1.16. The van der Waals surface area contributed by atoms with E-state index < -0.39 is 5.60 Å². The van der Waals surface area contributed by atoms with Gasteiger partial charge in [0.05, 0.1) is 14.2 Å². The molecule has 0 spiro atoms. The SMILES string of the molecule is COc1ccc(OC)c2sc(N(CCN(C)C)C(=O)C(C)(C)Oc3ccc(Cl)cc3)nc12. The summed E-state index contributed by atoms with van der Waals surface area (Å²) in [5.41, 5.74) is -0.475. The molecule has 7 nitrogen and oxygen atoms in total. The largest absolute Gasteiger partial charge is 0.495 e. The molecule has 3 rings (SSSR count). The minimum atomic E-state index is -1.13. The van der Waals surface area contributed by atoms with Crippen molar-refractivity contribution in [3.63, 3.8) is 0 Å². The Morgan fingerprint density at radius 1 is 1.03 bits per heavy atom. The van der Waals surface area contributed by atoms with Crippen molar-refractivity contribution < 1.29 is 19.0 Å². The number of carbonyl (C=O) groups is 1. The summed E-state index contributed by atoms with van der Waals surface area (Å²) in [6, 6.07) is 10.6. The summed E-state index contributed by atoms with van der Waals surface area (Å²) >= 11 is 7.36. The Morgan fingerprint density at radius 2 is 1.66 bits per heavy atom. The van der Waals surface area contributed by atoms with E-state index in [4.69, 9.17) is 30.8 Å². The third-order valence-electron chi connectivity index (χ3n) is 4.85. The summed E-state index contributed by atoms with van der Waals surface area (Å²) in [6.45, 7) is 4.61. The molecule has 3 aromatic rings. The maximum atomic E-state index is 13.7. The van der Waals surface area contributed by atoms with Crippen molar-refractivity contribution in [1.29, 1.82) is 0 Å². The zero-order chi connectivity index (χ0) is 23.5. The smallest absolute Gasteiger partial charge is 0.272 e. The van der Waals surface area contributed by atoms with Crippen molar-refractivity contribution in [2.45, 2.75) is 19.4 Å². The molecule has 0 aliphatic rings. The number of anilines is 1. The summed E-state index contributed by atoms with van der Waals surface area (Å²) in [6.07, 6.45) is 0. The van der Waals surface area contributed by atoms with Crippen molar-refractivity contribution in [3.8, 4) is 17.2 Å². The number of amides is 1. The molecule has 0 bridgehead atoms. The first-order chi connectivity index (χ1) is 15.2. The normalized spacial score (nSPS) is 11.6. The van der Waals surface area contributed by atoms with E-state index in [0.29, 0.717) is 46.0 Å². The zero-order valence-electron chi connectivity index (χ0n) is 19.1. The minimum absolute atomic E-state index is 0.203. The van der Waals surface area contributed by atoms with Gasteiger partial charge in [-0.2, -0.15) is 0 Å². The third kappa shape index (κ3) is 5.26.